The zero-order chi connectivity index (χ0) is 23.3. The van der Waals surface area contributed by atoms with E-state index in [1.807, 2.05) is 13.8 Å². The molecule has 4 rings (SSSR count). The molecule has 4 aliphatic rings. The molecular weight excluding hydrogens is 436 g/mol. The molecule has 4 heterocycles. The van der Waals surface area contributed by atoms with E-state index < -0.39 is 30.6 Å². The lowest BCUT2D eigenvalue weighted by molar-refractivity contribution is -0.165. The molecule has 188 valence electrons. The number of cyclic esters (lactones) is 2. The van der Waals surface area contributed by atoms with Gasteiger partial charge in [-0.15, -0.1) is 0 Å². The van der Waals surface area contributed by atoms with Crippen molar-refractivity contribution in [3.8, 4) is 0 Å². The summed E-state index contributed by atoms with van der Waals surface area (Å²) in [6.07, 6.45) is 2.18. The predicted octanol–water partition coefficient (Wildman–Crippen LogP) is 2.21. The molecular formula is C23H36O10. The maximum absolute atomic E-state index is 12.0. The zero-order valence-corrected chi connectivity index (χ0v) is 19.5. The van der Waals surface area contributed by atoms with Crippen LogP contribution in [0.15, 0.2) is 0 Å². The van der Waals surface area contributed by atoms with Gasteiger partial charge in [-0.05, 0) is 39.5 Å². The fourth-order valence-electron chi connectivity index (χ4n) is 4.54. The van der Waals surface area contributed by atoms with E-state index in [-0.39, 0.29) is 37.0 Å². The lowest BCUT2D eigenvalue weighted by Crippen LogP contribution is -2.44. The number of hydrogen-bond donors (Lipinski definition) is 0. The fourth-order valence-corrected chi connectivity index (χ4v) is 4.54. The van der Waals surface area contributed by atoms with E-state index in [0.717, 1.165) is 25.7 Å². The average Bonchev–Trinajstić information content (AvgIpc) is 3.50. The van der Waals surface area contributed by atoms with Crippen LogP contribution in [0.1, 0.15) is 65.2 Å². The van der Waals surface area contributed by atoms with E-state index >= 15 is 0 Å². The van der Waals surface area contributed by atoms with Gasteiger partial charge >= 0.3 is 11.9 Å². The Hall–Kier alpha value is -1.30. The minimum absolute atomic E-state index is 0.228. The van der Waals surface area contributed by atoms with Crippen molar-refractivity contribution >= 4 is 11.9 Å². The number of carbonyl (C=O) groups excluding carboxylic acids is 2. The topological polar surface area (TPSA) is 108 Å². The quantitative estimate of drug-likeness (QED) is 0.487. The highest BCUT2D eigenvalue weighted by Gasteiger charge is 2.53. The monoisotopic (exact) mass is 472 g/mol. The van der Waals surface area contributed by atoms with Crippen molar-refractivity contribution in [1.29, 1.82) is 0 Å². The molecule has 0 radical (unpaired) electrons. The van der Waals surface area contributed by atoms with Crippen molar-refractivity contribution in [3.63, 3.8) is 0 Å². The van der Waals surface area contributed by atoms with Gasteiger partial charge in [0.2, 0.25) is 0 Å². The lowest BCUT2D eigenvalue weighted by atomic mass is 10.0. The molecule has 6 unspecified atom stereocenters. The third-order valence-corrected chi connectivity index (χ3v) is 6.18. The lowest BCUT2D eigenvalue weighted by Gasteiger charge is -2.25. The number of ether oxygens (including phenoxy) is 8. The second kappa shape index (κ2) is 11.4. The standard InChI is InChI=1S/C23H36O10/c1-23(2)32-21-15-13-28-19(30-15)9-7-17(24)26-11-5-3-4-6-12-27-18(25)8-10-20-29-14-16(31-20)22(21)33-23/h15-16,19-22H,3-14H2,1-2H3. The van der Waals surface area contributed by atoms with Crippen molar-refractivity contribution in [2.24, 2.45) is 0 Å². The van der Waals surface area contributed by atoms with Crippen LogP contribution in [0.25, 0.3) is 0 Å². The summed E-state index contributed by atoms with van der Waals surface area (Å²) in [5.74, 6) is -1.33. The van der Waals surface area contributed by atoms with E-state index in [2.05, 4.69) is 0 Å². The van der Waals surface area contributed by atoms with Crippen LogP contribution in [0.3, 0.4) is 0 Å². The summed E-state index contributed by atoms with van der Waals surface area (Å²) in [5, 5.41) is 0. The normalized spacial score (nSPS) is 39.1. The van der Waals surface area contributed by atoms with E-state index in [1.165, 1.54) is 0 Å². The molecule has 0 aliphatic carbocycles. The van der Waals surface area contributed by atoms with E-state index in [9.17, 15) is 9.59 Å². The Kier molecular flexibility index (Phi) is 8.59. The molecule has 10 nitrogen and oxygen atoms in total. The van der Waals surface area contributed by atoms with E-state index in [0.29, 0.717) is 39.3 Å². The Morgan fingerprint density at radius 1 is 0.697 bits per heavy atom. The highest BCUT2D eigenvalue weighted by molar-refractivity contribution is 5.69. The highest BCUT2D eigenvalue weighted by atomic mass is 16.8. The summed E-state index contributed by atoms with van der Waals surface area (Å²) in [5.41, 5.74) is 0. The van der Waals surface area contributed by atoms with Gasteiger partial charge in [0.15, 0.2) is 18.4 Å². The third-order valence-electron chi connectivity index (χ3n) is 6.18. The molecule has 0 spiro atoms. The molecule has 0 saturated carbocycles. The number of hydrogen-bond acceptors (Lipinski definition) is 10. The van der Waals surface area contributed by atoms with Crippen molar-refractivity contribution in [1.82, 2.24) is 0 Å². The fraction of sp³-hybridized carbons (Fsp3) is 0.913. The first-order valence-corrected chi connectivity index (χ1v) is 12.1. The molecule has 6 atom stereocenters. The highest BCUT2D eigenvalue weighted by Crippen LogP contribution is 2.37. The number of rotatable bonds is 0. The zero-order valence-electron chi connectivity index (χ0n) is 19.5. The third kappa shape index (κ3) is 7.10. The Balaban J connectivity index is 1.37. The Labute approximate surface area is 194 Å². The van der Waals surface area contributed by atoms with Gasteiger partial charge < -0.3 is 37.9 Å². The van der Waals surface area contributed by atoms with Crippen LogP contribution < -0.4 is 0 Å². The summed E-state index contributed by atoms with van der Waals surface area (Å²) in [7, 11) is 0. The van der Waals surface area contributed by atoms with Crippen molar-refractivity contribution < 1.29 is 47.5 Å². The van der Waals surface area contributed by atoms with Gasteiger partial charge in [-0.2, -0.15) is 0 Å². The van der Waals surface area contributed by atoms with Crippen LogP contribution in [0, 0.1) is 0 Å². The molecule has 10 heteroatoms. The number of carbonyl (C=O) groups is 2. The molecule has 0 aromatic rings. The van der Waals surface area contributed by atoms with Gasteiger partial charge in [-0.1, -0.05) is 0 Å². The van der Waals surface area contributed by atoms with Gasteiger partial charge in [-0.3, -0.25) is 9.59 Å². The van der Waals surface area contributed by atoms with Gasteiger partial charge in [-0.25, -0.2) is 0 Å². The molecule has 33 heavy (non-hydrogen) atoms. The van der Waals surface area contributed by atoms with Crippen LogP contribution in [0.5, 0.6) is 0 Å². The molecule has 0 N–H and O–H groups in total. The summed E-state index contributed by atoms with van der Waals surface area (Å²) in [6.45, 7) is 5.14. The van der Waals surface area contributed by atoms with Gasteiger partial charge in [0.25, 0.3) is 0 Å². The van der Waals surface area contributed by atoms with Crippen LogP contribution in [-0.2, 0) is 47.5 Å². The maximum atomic E-state index is 12.0. The second-order valence-electron chi connectivity index (χ2n) is 9.37. The molecule has 0 amide bonds. The molecule has 0 aromatic carbocycles. The first-order valence-electron chi connectivity index (χ1n) is 12.1. The Morgan fingerprint density at radius 2 is 1.15 bits per heavy atom. The molecule has 4 aliphatic heterocycles. The molecule has 4 saturated heterocycles. The minimum atomic E-state index is -0.807. The second-order valence-corrected chi connectivity index (χ2v) is 9.37. The minimum Gasteiger partial charge on any atom is -0.466 e. The van der Waals surface area contributed by atoms with Crippen molar-refractivity contribution in [2.45, 2.75) is 108 Å². The Morgan fingerprint density at radius 3 is 1.61 bits per heavy atom. The van der Waals surface area contributed by atoms with Crippen LogP contribution in [0.2, 0.25) is 0 Å². The summed E-state index contributed by atoms with van der Waals surface area (Å²) in [6, 6.07) is 0. The first-order chi connectivity index (χ1) is 15.9. The van der Waals surface area contributed by atoms with E-state index in [4.69, 9.17) is 37.9 Å². The number of fused-ring (bicyclic) bond motifs is 7. The smallest absolute Gasteiger partial charge is 0.305 e. The molecule has 4 fully saturated rings. The van der Waals surface area contributed by atoms with Crippen LogP contribution in [0.4, 0.5) is 0 Å². The van der Waals surface area contributed by atoms with Crippen LogP contribution >= 0.6 is 0 Å². The van der Waals surface area contributed by atoms with Crippen molar-refractivity contribution in [3.05, 3.63) is 0 Å². The summed E-state index contributed by atoms with van der Waals surface area (Å²) >= 11 is 0. The number of esters is 2. The van der Waals surface area contributed by atoms with Crippen LogP contribution in [-0.4, -0.2) is 81.1 Å². The van der Waals surface area contributed by atoms with E-state index in [1.54, 1.807) is 0 Å². The molecule has 0 aromatic heterocycles. The van der Waals surface area contributed by atoms with Gasteiger partial charge in [0, 0.05) is 12.8 Å². The average molecular weight is 473 g/mol. The summed E-state index contributed by atoms with van der Waals surface area (Å²) < 4.78 is 46.5. The van der Waals surface area contributed by atoms with Crippen molar-refractivity contribution in [2.75, 3.05) is 26.4 Å². The van der Waals surface area contributed by atoms with Gasteiger partial charge in [0.1, 0.15) is 24.4 Å². The SMILES string of the molecule is CC1(C)OC2C3COC(CCC(=O)OCCCCCCOC(=O)CCC4OCC(O4)C2O1)O3. The van der Waals surface area contributed by atoms with Gasteiger partial charge in [0.05, 0.1) is 39.3 Å². The summed E-state index contributed by atoms with van der Waals surface area (Å²) in [4.78, 5) is 24.1. The largest absolute Gasteiger partial charge is 0.466 e. The molecule has 4 bridgehead atoms. The predicted molar refractivity (Wildman–Crippen MR) is 112 cm³/mol. The Bertz CT molecular complexity index is 614. The maximum Gasteiger partial charge on any atom is 0.305 e. The first kappa shape index (κ1) is 24.8.